The Hall–Kier alpha value is -2.05. The summed E-state index contributed by atoms with van der Waals surface area (Å²) >= 11 is 5.86. The van der Waals surface area contributed by atoms with Crippen LogP contribution in [0.25, 0.3) is 0 Å². The molecule has 0 spiro atoms. The van der Waals surface area contributed by atoms with Crippen LogP contribution >= 0.6 is 11.6 Å². The predicted octanol–water partition coefficient (Wildman–Crippen LogP) is 4.30. The molecule has 19 heavy (non-hydrogen) atoms. The average molecular weight is 272 g/mol. The Bertz CT molecular complexity index is 600. The molecule has 0 amide bonds. The largest absolute Gasteiger partial charge is 0.340 e. The summed E-state index contributed by atoms with van der Waals surface area (Å²) in [6.07, 6.45) is 2.21. The normalized spacial score (nSPS) is 9.95. The van der Waals surface area contributed by atoms with Crippen LogP contribution < -0.4 is 5.32 Å². The van der Waals surface area contributed by atoms with Gasteiger partial charge in [-0.1, -0.05) is 37.1 Å². The van der Waals surface area contributed by atoms with Crippen LogP contribution in [0.1, 0.15) is 24.5 Å². The lowest BCUT2D eigenvalue weighted by Crippen LogP contribution is -1.95. The topological polar surface area (TPSA) is 48.7 Å². The first-order valence-corrected chi connectivity index (χ1v) is 6.52. The molecule has 0 fully saturated rings. The standard InChI is InChI=1S/C15H14ClN3/c1-2-3-11-4-6-13(7-5-11)18-15-9-12(10-17)8-14(16)19-15/h4-9H,2-3H2,1H3,(H,18,19). The Labute approximate surface area is 117 Å². The highest BCUT2D eigenvalue weighted by Crippen LogP contribution is 2.19. The van der Waals surface area contributed by atoms with Gasteiger partial charge in [0.2, 0.25) is 0 Å². The highest BCUT2D eigenvalue weighted by atomic mass is 35.5. The summed E-state index contributed by atoms with van der Waals surface area (Å²) in [6.45, 7) is 2.16. The van der Waals surface area contributed by atoms with Crippen molar-refractivity contribution in [3.63, 3.8) is 0 Å². The van der Waals surface area contributed by atoms with E-state index in [1.54, 1.807) is 6.07 Å². The Kier molecular flexibility index (Phi) is 4.38. The second-order valence-electron chi connectivity index (χ2n) is 4.25. The molecule has 0 saturated carbocycles. The van der Waals surface area contributed by atoms with Gasteiger partial charge < -0.3 is 5.32 Å². The van der Waals surface area contributed by atoms with Gasteiger partial charge in [-0.2, -0.15) is 5.26 Å². The highest BCUT2D eigenvalue weighted by Gasteiger charge is 2.01. The van der Waals surface area contributed by atoms with E-state index in [2.05, 4.69) is 35.4 Å². The zero-order valence-electron chi connectivity index (χ0n) is 10.7. The first kappa shape index (κ1) is 13.4. The van der Waals surface area contributed by atoms with Crippen molar-refractivity contribution in [1.29, 1.82) is 5.26 Å². The maximum Gasteiger partial charge on any atom is 0.133 e. The van der Waals surface area contributed by atoms with E-state index < -0.39 is 0 Å². The van der Waals surface area contributed by atoms with Crippen LogP contribution in [0.3, 0.4) is 0 Å². The first-order chi connectivity index (χ1) is 9.21. The molecule has 3 nitrogen and oxygen atoms in total. The van der Waals surface area contributed by atoms with Crippen molar-refractivity contribution in [2.45, 2.75) is 19.8 Å². The number of benzene rings is 1. The minimum atomic E-state index is 0.309. The molecule has 4 heteroatoms. The van der Waals surface area contributed by atoms with Gasteiger partial charge in [0.1, 0.15) is 11.0 Å². The molecule has 0 aliphatic heterocycles. The summed E-state index contributed by atoms with van der Waals surface area (Å²) in [5, 5.41) is 12.3. The molecule has 1 N–H and O–H groups in total. The number of hydrogen-bond acceptors (Lipinski definition) is 3. The summed E-state index contributed by atoms with van der Waals surface area (Å²) in [5.74, 6) is 0.576. The van der Waals surface area contributed by atoms with Gasteiger partial charge in [-0.25, -0.2) is 4.98 Å². The monoisotopic (exact) mass is 271 g/mol. The molecule has 2 aromatic rings. The van der Waals surface area contributed by atoms with E-state index in [1.807, 2.05) is 12.1 Å². The van der Waals surface area contributed by atoms with Crippen LogP contribution in [0.4, 0.5) is 11.5 Å². The number of aryl methyl sites for hydroxylation is 1. The van der Waals surface area contributed by atoms with Gasteiger partial charge in [-0.05, 0) is 36.2 Å². The van der Waals surface area contributed by atoms with E-state index in [9.17, 15) is 0 Å². The number of nitrogens with zero attached hydrogens (tertiary/aromatic N) is 2. The number of halogens is 1. The molecule has 1 heterocycles. The lowest BCUT2D eigenvalue weighted by Gasteiger charge is -2.07. The van der Waals surface area contributed by atoms with Gasteiger partial charge >= 0.3 is 0 Å². The summed E-state index contributed by atoms with van der Waals surface area (Å²) in [4.78, 5) is 4.14. The predicted molar refractivity (Wildman–Crippen MR) is 77.7 cm³/mol. The summed E-state index contributed by atoms with van der Waals surface area (Å²) in [7, 11) is 0. The van der Waals surface area contributed by atoms with E-state index in [1.165, 1.54) is 11.6 Å². The Morgan fingerprint density at radius 3 is 2.63 bits per heavy atom. The fraction of sp³-hybridized carbons (Fsp3) is 0.200. The molecular weight excluding hydrogens is 258 g/mol. The van der Waals surface area contributed by atoms with Crippen molar-refractivity contribution in [3.8, 4) is 6.07 Å². The molecule has 0 unspecified atom stereocenters. The smallest absolute Gasteiger partial charge is 0.133 e. The van der Waals surface area contributed by atoms with Gasteiger partial charge in [0.05, 0.1) is 11.6 Å². The van der Waals surface area contributed by atoms with Crippen molar-refractivity contribution >= 4 is 23.1 Å². The third-order valence-corrected chi connectivity index (χ3v) is 2.88. The van der Waals surface area contributed by atoms with E-state index >= 15 is 0 Å². The number of aromatic nitrogens is 1. The maximum atomic E-state index is 8.88. The number of rotatable bonds is 4. The molecule has 2 rings (SSSR count). The fourth-order valence-corrected chi connectivity index (χ4v) is 2.03. The lowest BCUT2D eigenvalue weighted by atomic mass is 10.1. The number of nitriles is 1. The van der Waals surface area contributed by atoms with Crippen LogP contribution in [0.2, 0.25) is 5.15 Å². The number of hydrogen-bond donors (Lipinski definition) is 1. The number of anilines is 2. The van der Waals surface area contributed by atoms with Gasteiger partial charge in [-0.3, -0.25) is 0 Å². The molecule has 0 aliphatic rings. The van der Waals surface area contributed by atoms with Gasteiger partial charge in [0, 0.05) is 5.69 Å². The quantitative estimate of drug-likeness (QED) is 0.843. The second kappa shape index (κ2) is 6.21. The Morgan fingerprint density at radius 2 is 2.00 bits per heavy atom. The van der Waals surface area contributed by atoms with E-state index in [0.29, 0.717) is 16.5 Å². The minimum Gasteiger partial charge on any atom is -0.340 e. The summed E-state index contributed by atoms with van der Waals surface area (Å²) in [5.41, 5.74) is 2.73. The van der Waals surface area contributed by atoms with Gasteiger partial charge in [0.15, 0.2) is 0 Å². The molecule has 96 valence electrons. The Balaban J connectivity index is 2.17. The third-order valence-electron chi connectivity index (χ3n) is 2.69. The van der Waals surface area contributed by atoms with Crippen molar-refractivity contribution < 1.29 is 0 Å². The summed E-state index contributed by atoms with van der Waals surface area (Å²) in [6, 6.07) is 13.4. The third kappa shape index (κ3) is 3.70. The molecular formula is C15H14ClN3. The molecule has 0 bridgehead atoms. The SMILES string of the molecule is CCCc1ccc(Nc2cc(C#N)cc(Cl)n2)cc1. The molecule has 1 aromatic carbocycles. The average Bonchev–Trinajstić information content (AvgIpc) is 2.40. The lowest BCUT2D eigenvalue weighted by molar-refractivity contribution is 0.922. The summed E-state index contributed by atoms with van der Waals surface area (Å²) < 4.78 is 0. The Morgan fingerprint density at radius 1 is 1.26 bits per heavy atom. The second-order valence-corrected chi connectivity index (χ2v) is 4.63. The van der Waals surface area contributed by atoms with E-state index in [0.717, 1.165) is 18.5 Å². The van der Waals surface area contributed by atoms with Crippen molar-refractivity contribution in [2.75, 3.05) is 5.32 Å². The van der Waals surface area contributed by atoms with Crippen LogP contribution in [-0.4, -0.2) is 4.98 Å². The maximum absolute atomic E-state index is 8.88. The fourth-order valence-electron chi connectivity index (χ4n) is 1.82. The molecule has 0 radical (unpaired) electrons. The highest BCUT2D eigenvalue weighted by molar-refractivity contribution is 6.29. The number of nitrogens with one attached hydrogen (secondary N) is 1. The van der Waals surface area contributed by atoms with Crippen LogP contribution in [0, 0.1) is 11.3 Å². The van der Waals surface area contributed by atoms with Gasteiger partial charge in [-0.15, -0.1) is 0 Å². The van der Waals surface area contributed by atoms with Crippen LogP contribution in [0.5, 0.6) is 0 Å². The minimum absolute atomic E-state index is 0.309. The zero-order valence-corrected chi connectivity index (χ0v) is 11.4. The zero-order chi connectivity index (χ0) is 13.7. The molecule has 0 aliphatic carbocycles. The van der Waals surface area contributed by atoms with Crippen molar-refractivity contribution in [3.05, 3.63) is 52.7 Å². The van der Waals surface area contributed by atoms with Crippen LogP contribution in [-0.2, 0) is 6.42 Å². The van der Waals surface area contributed by atoms with Crippen molar-refractivity contribution in [1.82, 2.24) is 4.98 Å². The molecule has 1 aromatic heterocycles. The van der Waals surface area contributed by atoms with Crippen LogP contribution in [0.15, 0.2) is 36.4 Å². The molecule has 0 atom stereocenters. The van der Waals surface area contributed by atoms with E-state index in [-0.39, 0.29) is 0 Å². The number of pyridine rings is 1. The van der Waals surface area contributed by atoms with Crippen molar-refractivity contribution in [2.24, 2.45) is 0 Å². The van der Waals surface area contributed by atoms with E-state index in [4.69, 9.17) is 16.9 Å². The van der Waals surface area contributed by atoms with Gasteiger partial charge in [0.25, 0.3) is 0 Å². The molecule has 0 saturated heterocycles. The first-order valence-electron chi connectivity index (χ1n) is 6.15.